The topological polar surface area (TPSA) is 83.5 Å². The maximum Gasteiger partial charge on any atom is 0.242 e. The molecule has 0 heterocycles. The fraction of sp³-hybridized carbons (Fsp3) is 0.400. The summed E-state index contributed by atoms with van der Waals surface area (Å²) in [6.45, 7) is 3.20. The van der Waals surface area contributed by atoms with Gasteiger partial charge in [0.05, 0.1) is 12.3 Å². The van der Waals surface area contributed by atoms with Crippen molar-refractivity contribution in [3.63, 3.8) is 0 Å². The van der Waals surface area contributed by atoms with Crippen molar-refractivity contribution in [2.45, 2.75) is 25.5 Å². The lowest BCUT2D eigenvalue weighted by atomic mass is 10.1. The van der Waals surface area contributed by atoms with E-state index in [0.29, 0.717) is 17.7 Å². The lowest BCUT2D eigenvalue weighted by Crippen LogP contribution is -2.32. The third-order valence-electron chi connectivity index (χ3n) is 2.90. The molecule has 0 aromatic heterocycles. The molecular formula is C15H19NO4S. The lowest BCUT2D eigenvalue weighted by molar-refractivity contribution is -0.115. The largest absolute Gasteiger partial charge is 0.395 e. The van der Waals surface area contributed by atoms with E-state index in [2.05, 4.69) is 17.2 Å². The van der Waals surface area contributed by atoms with Crippen molar-refractivity contribution in [1.82, 2.24) is 0 Å². The van der Waals surface area contributed by atoms with Crippen LogP contribution in [0.1, 0.15) is 24.5 Å². The number of aliphatic hydroxyl groups is 1. The van der Waals surface area contributed by atoms with Crippen LogP contribution in [0.2, 0.25) is 0 Å². The van der Waals surface area contributed by atoms with Crippen LogP contribution in [0.4, 0.5) is 5.69 Å². The van der Waals surface area contributed by atoms with Gasteiger partial charge >= 0.3 is 0 Å². The number of hydrogen-bond donors (Lipinski definition) is 2. The van der Waals surface area contributed by atoms with Gasteiger partial charge in [0.15, 0.2) is 9.84 Å². The second-order valence-electron chi connectivity index (χ2n) is 4.79. The molecular weight excluding hydrogens is 290 g/mol. The summed E-state index contributed by atoms with van der Waals surface area (Å²) in [6.07, 6.45) is 1.36. The van der Waals surface area contributed by atoms with Gasteiger partial charge in [0.2, 0.25) is 5.91 Å². The Balaban J connectivity index is 3.04. The third kappa shape index (κ3) is 5.21. The number of carbonyl (C=O) groups is 1. The number of aliphatic hydroxyl groups excluding tert-OH is 1. The molecule has 0 saturated heterocycles. The Morgan fingerprint density at radius 3 is 2.67 bits per heavy atom. The highest BCUT2D eigenvalue weighted by Crippen LogP contribution is 2.17. The predicted octanol–water partition coefficient (Wildman–Crippen LogP) is 1.10. The Hall–Kier alpha value is -1.84. The Morgan fingerprint density at radius 2 is 2.10 bits per heavy atom. The van der Waals surface area contributed by atoms with Gasteiger partial charge in [0.1, 0.15) is 5.25 Å². The van der Waals surface area contributed by atoms with E-state index in [9.17, 15) is 13.2 Å². The van der Waals surface area contributed by atoms with E-state index < -0.39 is 21.0 Å². The Morgan fingerprint density at radius 1 is 1.43 bits per heavy atom. The molecule has 21 heavy (non-hydrogen) atoms. The molecule has 1 atom stereocenters. The molecule has 1 unspecified atom stereocenters. The molecule has 0 bridgehead atoms. The zero-order valence-electron chi connectivity index (χ0n) is 12.3. The van der Waals surface area contributed by atoms with Crippen LogP contribution in [0.5, 0.6) is 0 Å². The summed E-state index contributed by atoms with van der Waals surface area (Å²) >= 11 is 0. The van der Waals surface area contributed by atoms with Crippen molar-refractivity contribution in [1.29, 1.82) is 0 Å². The highest BCUT2D eigenvalue weighted by Gasteiger charge is 2.23. The van der Waals surface area contributed by atoms with Crippen molar-refractivity contribution >= 4 is 21.4 Å². The van der Waals surface area contributed by atoms with Gasteiger partial charge in [0, 0.05) is 18.2 Å². The average molecular weight is 309 g/mol. The molecule has 0 aliphatic carbocycles. The van der Waals surface area contributed by atoms with Crippen LogP contribution in [-0.2, 0) is 14.6 Å². The quantitative estimate of drug-likeness (QED) is 0.816. The molecule has 0 aliphatic heterocycles. The van der Waals surface area contributed by atoms with Gasteiger partial charge < -0.3 is 10.4 Å². The van der Waals surface area contributed by atoms with Crippen LogP contribution in [0.15, 0.2) is 18.2 Å². The molecule has 1 aromatic carbocycles. The van der Waals surface area contributed by atoms with Gasteiger partial charge in [-0.1, -0.05) is 17.9 Å². The van der Waals surface area contributed by atoms with Crippen molar-refractivity contribution in [2.75, 3.05) is 18.2 Å². The molecule has 0 fully saturated rings. The first-order chi connectivity index (χ1) is 9.75. The summed E-state index contributed by atoms with van der Waals surface area (Å²) in [5.74, 6) is 5.05. The van der Waals surface area contributed by atoms with Crippen LogP contribution in [0, 0.1) is 18.8 Å². The highest BCUT2D eigenvalue weighted by molar-refractivity contribution is 7.92. The predicted molar refractivity (Wildman–Crippen MR) is 82.7 cm³/mol. The number of rotatable bonds is 4. The maximum atomic E-state index is 11.9. The van der Waals surface area contributed by atoms with Crippen molar-refractivity contribution in [2.24, 2.45) is 0 Å². The number of aryl methyl sites for hydroxylation is 1. The third-order valence-corrected chi connectivity index (χ3v) is 4.40. The Kier molecular flexibility index (Phi) is 5.94. The number of amides is 1. The SMILES string of the molecule is Cc1ccc(NC(=O)C(C)S(C)(=O)=O)c(C#CCCO)c1. The first-order valence-electron chi connectivity index (χ1n) is 6.46. The zero-order valence-corrected chi connectivity index (χ0v) is 13.1. The van der Waals surface area contributed by atoms with Crippen LogP contribution in [0.25, 0.3) is 0 Å². The zero-order chi connectivity index (χ0) is 16.0. The summed E-state index contributed by atoms with van der Waals surface area (Å²) in [5.41, 5.74) is 2.03. The van der Waals surface area contributed by atoms with Crippen LogP contribution >= 0.6 is 0 Å². The molecule has 0 saturated carbocycles. The van der Waals surface area contributed by atoms with E-state index >= 15 is 0 Å². The number of sulfone groups is 1. The van der Waals surface area contributed by atoms with Crippen LogP contribution < -0.4 is 5.32 Å². The van der Waals surface area contributed by atoms with Crippen LogP contribution in [-0.4, -0.2) is 37.5 Å². The fourth-order valence-electron chi connectivity index (χ4n) is 1.51. The molecule has 6 heteroatoms. The second kappa shape index (κ2) is 7.25. The van der Waals surface area contributed by atoms with E-state index in [1.165, 1.54) is 6.92 Å². The highest BCUT2D eigenvalue weighted by atomic mass is 32.2. The Bertz CT molecular complexity index is 683. The minimum atomic E-state index is -3.45. The first kappa shape index (κ1) is 17.2. The van der Waals surface area contributed by atoms with Crippen LogP contribution in [0.3, 0.4) is 0 Å². The summed E-state index contributed by atoms with van der Waals surface area (Å²) in [4.78, 5) is 11.9. The molecule has 2 N–H and O–H groups in total. The smallest absolute Gasteiger partial charge is 0.242 e. The average Bonchev–Trinajstić information content (AvgIpc) is 2.40. The van der Waals surface area contributed by atoms with Gasteiger partial charge in [-0.25, -0.2) is 8.42 Å². The number of anilines is 1. The fourth-order valence-corrected chi connectivity index (χ4v) is 1.96. The molecule has 0 radical (unpaired) electrons. The van der Waals surface area contributed by atoms with Gasteiger partial charge in [-0.2, -0.15) is 0 Å². The summed E-state index contributed by atoms with van der Waals surface area (Å²) in [5, 5.41) is 10.2. The number of carbonyl (C=O) groups excluding carboxylic acids is 1. The van der Waals surface area contributed by atoms with E-state index in [-0.39, 0.29) is 6.61 Å². The molecule has 0 spiro atoms. The van der Waals surface area contributed by atoms with Crippen molar-refractivity contribution in [3.8, 4) is 11.8 Å². The normalized spacial score (nSPS) is 12.2. The maximum absolute atomic E-state index is 11.9. The molecule has 1 rings (SSSR count). The molecule has 1 amide bonds. The van der Waals surface area contributed by atoms with E-state index in [1.54, 1.807) is 18.2 Å². The van der Waals surface area contributed by atoms with Crippen molar-refractivity contribution < 1.29 is 18.3 Å². The summed E-state index contributed by atoms with van der Waals surface area (Å²) < 4.78 is 22.8. The monoisotopic (exact) mass is 309 g/mol. The van der Waals surface area contributed by atoms with E-state index in [4.69, 9.17) is 5.11 Å². The minimum Gasteiger partial charge on any atom is -0.395 e. The standard InChI is InChI=1S/C15H19NO4S/c1-11-7-8-14(13(10-11)6-4-5-9-17)16-15(18)12(2)21(3,19)20/h7-8,10,12,17H,5,9H2,1-3H3,(H,16,18). The minimum absolute atomic E-state index is 0.0361. The number of benzene rings is 1. The molecule has 0 aliphatic rings. The van der Waals surface area contributed by atoms with Crippen molar-refractivity contribution in [3.05, 3.63) is 29.3 Å². The van der Waals surface area contributed by atoms with Gasteiger partial charge in [0.25, 0.3) is 0 Å². The summed E-state index contributed by atoms with van der Waals surface area (Å²) in [6, 6.07) is 5.29. The molecule has 114 valence electrons. The number of nitrogens with one attached hydrogen (secondary N) is 1. The molecule has 5 nitrogen and oxygen atoms in total. The van der Waals surface area contributed by atoms with Gasteiger partial charge in [-0.3, -0.25) is 4.79 Å². The summed E-state index contributed by atoms with van der Waals surface area (Å²) in [7, 11) is -3.45. The van der Waals surface area contributed by atoms with E-state index in [0.717, 1.165) is 11.8 Å². The Labute approximate surface area is 125 Å². The lowest BCUT2D eigenvalue weighted by Gasteiger charge is -2.12. The van der Waals surface area contributed by atoms with Gasteiger partial charge in [-0.15, -0.1) is 0 Å². The van der Waals surface area contributed by atoms with Gasteiger partial charge in [-0.05, 0) is 31.5 Å². The van der Waals surface area contributed by atoms with E-state index in [1.807, 2.05) is 6.92 Å². The number of hydrogen-bond acceptors (Lipinski definition) is 4. The second-order valence-corrected chi connectivity index (χ2v) is 7.15. The first-order valence-corrected chi connectivity index (χ1v) is 8.41. The molecule has 1 aromatic rings.